The number of benzene rings is 1. The molecule has 1 spiro atoms. The fraction of sp³-hybridized carbons (Fsp3) is 0.593. The Morgan fingerprint density at radius 3 is 2.67 bits per heavy atom. The number of ketones is 1. The van der Waals surface area contributed by atoms with Crippen molar-refractivity contribution in [3.8, 4) is 0 Å². The molecule has 3 aliphatic carbocycles. The molecule has 5 aliphatic rings. The number of carbonyl (C=O) groups is 1. The monoisotopic (exact) mass is 449 g/mol. The van der Waals surface area contributed by atoms with Gasteiger partial charge in [0, 0.05) is 39.4 Å². The highest BCUT2D eigenvalue weighted by atomic mass is 16.8. The van der Waals surface area contributed by atoms with Crippen LogP contribution in [0.1, 0.15) is 58.2 Å². The van der Waals surface area contributed by atoms with Crippen LogP contribution in [-0.4, -0.2) is 50.2 Å². The van der Waals surface area contributed by atoms with Crippen LogP contribution in [0.4, 0.5) is 0 Å². The number of fused-ring (bicyclic) bond motifs is 9. The Labute approximate surface area is 193 Å². The maximum absolute atomic E-state index is 13.1. The van der Waals surface area contributed by atoms with Gasteiger partial charge in [0.05, 0.1) is 6.10 Å². The quantitative estimate of drug-likeness (QED) is 0.574. The minimum Gasteiger partial charge on any atom is -0.390 e. The smallest absolute Gasteiger partial charge is 0.195 e. The van der Waals surface area contributed by atoms with Gasteiger partial charge >= 0.3 is 0 Å². The van der Waals surface area contributed by atoms with Crippen molar-refractivity contribution in [1.29, 1.82) is 0 Å². The number of hydrogen-bond acceptors (Lipinski definition) is 5. The maximum atomic E-state index is 13.1. The van der Waals surface area contributed by atoms with Gasteiger partial charge in [0.25, 0.3) is 0 Å². The van der Waals surface area contributed by atoms with Crippen LogP contribution >= 0.6 is 0 Å². The van der Waals surface area contributed by atoms with E-state index in [9.17, 15) is 15.0 Å². The number of carbonyl (C=O) groups excluding carboxylic acids is 1. The average Bonchev–Trinajstić information content (AvgIpc) is 3.34. The van der Waals surface area contributed by atoms with Crippen molar-refractivity contribution in [3.63, 3.8) is 0 Å². The largest absolute Gasteiger partial charge is 0.390 e. The summed E-state index contributed by atoms with van der Waals surface area (Å²) in [5.74, 6) is -1.17. The van der Waals surface area contributed by atoms with Crippen LogP contribution in [0.15, 0.2) is 35.9 Å². The van der Waals surface area contributed by atoms with Crippen molar-refractivity contribution >= 4 is 16.7 Å². The second-order valence-corrected chi connectivity index (χ2v) is 11.9. The van der Waals surface area contributed by atoms with Crippen molar-refractivity contribution in [3.05, 3.63) is 47.2 Å². The number of ether oxygens (including phenoxy) is 2. The zero-order chi connectivity index (χ0) is 23.2. The molecule has 2 bridgehead atoms. The highest BCUT2D eigenvalue weighted by molar-refractivity contribution is 5.97. The second kappa shape index (κ2) is 5.62. The summed E-state index contributed by atoms with van der Waals surface area (Å²) in [5, 5.41) is 25.4. The van der Waals surface area contributed by atoms with Crippen molar-refractivity contribution in [2.45, 2.75) is 88.0 Å². The Kier molecular flexibility index (Phi) is 3.48. The van der Waals surface area contributed by atoms with Gasteiger partial charge in [0.15, 0.2) is 17.7 Å². The molecule has 1 aromatic heterocycles. The Bertz CT molecular complexity index is 1280. The molecular formula is C27H31NO5. The van der Waals surface area contributed by atoms with Crippen molar-refractivity contribution in [2.24, 2.45) is 11.3 Å². The third-order valence-corrected chi connectivity index (χ3v) is 10.3. The second-order valence-electron chi connectivity index (χ2n) is 11.9. The van der Waals surface area contributed by atoms with Crippen molar-refractivity contribution in [1.82, 2.24) is 4.98 Å². The predicted molar refractivity (Wildman–Crippen MR) is 122 cm³/mol. The summed E-state index contributed by atoms with van der Waals surface area (Å²) in [6, 6.07) is 8.34. The van der Waals surface area contributed by atoms with E-state index < -0.39 is 40.0 Å². The number of hydrogen-bond donors (Lipinski definition) is 3. The molecule has 6 heteroatoms. The summed E-state index contributed by atoms with van der Waals surface area (Å²) < 4.78 is 12.7. The first kappa shape index (κ1) is 20.4. The summed E-state index contributed by atoms with van der Waals surface area (Å²) in [7, 11) is 0. The van der Waals surface area contributed by atoms with E-state index in [-0.39, 0.29) is 11.7 Å². The van der Waals surface area contributed by atoms with Gasteiger partial charge in [-0.25, -0.2) is 0 Å². The first-order valence-electron chi connectivity index (χ1n) is 12.1. The molecule has 33 heavy (non-hydrogen) atoms. The number of rotatable bonds is 0. The first-order chi connectivity index (χ1) is 15.5. The maximum Gasteiger partial charge on any atom is 0.195 e. The van der Waals surface area contributed by atoms with Crippen LogP contribution in [0, 0.1) is 11.3 Å². The molecule has 3 heterocycles. The van der Waals surface area contributed by atoms with Crippen LogP contribution in [0.2, 0.25) is 0 Å². The summed E-state index contributed by atoms with van der Waals surface area (Å²) in [6.07, 6.45) is 2.29. The number of aromatic amines is 1. The molecule has 3 fully saturated rings. The standard InChI is InChI=1S/C27H31NO5/c1-23(2)22-18(29)13-19-26(32-22,33-23)10-9-24(3)25(4)14(12-20(30)27(19,24)31)11-16-15-7-5-6-8-17(15)28-21(16)25/h5-8,13-14,20,22,28,30-31H,9-12H2,1-4H3/t14-,20?,22+,24?,25-,26+,27+/m1/s1. The lowest BCUT2D eigenvalue weighted by Crippen LogP contribution is -2.74. The lowest BCUT2D eigenvalue weighted by molar-refractivity contribution is -0.274. The van der Waals surface area contributed by atoms with Gasteiger partial charge in [-0.3, -0.25) is 4.79 Å². The van der Waals surface area contributed by atoms with Crippen LogP contribution in [0.25, 0.3) is 10.9 Å². The molecule has 3 N–H and O–H groups in total. The number of para-hydroxylation sites is 1. The zero-order valence-corrected chi connectivity index (χ0v) is 19.6. The third kappa shape index (κ3) is 1.98. The van der Waals surface area contributed by atoms with E-state index in [0.29, 0.717) is 24.8 Å². The molecule has 2 aromatic rings. The van der Waals surface area contributed by atoms with Crippen molar-refractivity contribution < 1.29 is 24.5 Å². The fourth-order valence-corrected chi connectivity index (χ4v) is 8.43. The van der Waals surface area contributed by atoms with E-state index in [1.54, 1.807) is 0 Å². The molecule has 7 atom stereocenters. The Morgan fingerprint density at radius 1 is 1.12 bits per heavy atom. The van der Waals surface area contributed by atoms with E-state index in [0.717, 1.165) is 17.6 Å². The first-order valence-corrected chi connectivity index (χ1v) is 12.1. The van der Waals surface area contributed by atoms with Gasteiger partial charge < -0.3 is 24.7 Å². The minimum absolute atomic E-state index is 0.187. The normalized spacial score (nSPS) is 47.0. The SMILES string of the molecule is CC1(C)O[C@@]23CCC4(C)[C@@]5(C)c6[nH]c7ccccc7c6C[C@@H]5CC(O)[C@@]4(O)C2=CC(=O)[C@@H]1O3. The number of aromatic nitrogens is 1. The predicted octanol–water partition coefficient (Wildman–Crippen LogP) is 3.29. The van der Waals surface area contributed by atoms with Crippen LogP contribution in [0.3, 0.4) is 0 Å². The molecule has 1 aromatic carbocycles. The minimum atomic E-state index is -1.64. The molecular weight excluding hydrogens is 418 g/mol. The van der Waals surface area contributed by atoms with Gasteiger partial charge in [0.1, 0.15) is 11.2 Å². The van der Waals surface area contributed by atoms with Gasteiger partial charge in [-0.2, -0.15) is 0 Å². The van der Waals surface area contributed by atoms with Gasteiger partial charge in [-0.15, -0.1) is 0 Å². The average molecular weight is 450 g/mol. The third-order valence-electron chi connectivity index (χ3n) is 10.3. The highest BCUT2D eigenvalue weighted by Crippen LogP contribution is 2.71. The van der Waals surface area contributed by atoms with Crippen LogP contribution < -0.4 is 0 Å². The lowest BCUT2D eigenvalue weighted by Gasteiger charge is -2.66. The van der Waals surface area contributed by atoms with Gasteiger partial charge in [-0.1, -0.05) is 32.0 Å². The molecule has 174 valence electrons. The highest BCUT2D eigenvalue weighted by Gasteiger charge is 2.77. The fourth-order valence-electron chi connectivity index (χ4n) is 8.43. The summed E-state index contributed by atoms with van der Waals surface area (Å²) in [4.78, 5) is 16.8. The summed E-state index contributed by atoms with van der Waals surface area (Å²) in [6.45, 7) is 8.05. The molecule has 7 rings (SSSR count). The van der Waals surface area contributed by atoms with Crippen LogP contribution in [0.5, 0.6) is 0 Å². The molecule has 1 saturated heterocycles. The molecule has 0 radical (unpaired) electrons. The zero-order valence-electron chi connectivity index (χ0n) is 19.6. The van der Waals surface area contributed by atoms with Crippen molar-refractivity contribution in [2.75, 3.05) is 0 Å². The lowest BCUT2D eigenvalue weighted by atomic mass is 9.41. The van der Waals surface area contributed by atoms with Gasteiger partial charge in [0.2, 0.25) is 0 Å². The number of H-pyrrole nitrogens is 1. The Hall–Kier alpha value is -1.99. The summed E-state index contributed by atoms with van der Waals surface area (Å²) >= 11 is 0. The van der Waals surface area contributed by atoms with E-state index in [4.69, 9.17) is 9.47 Å². The molecule has 2 saturated carbocycles. The van der Waals surface area contributed by atoms with E-state index in [1.165, 1.54) is 17.0 Å². The molecule has 2 aliphatic heterocycles. The van der Waals surface area contributed by atoms with E-state index >= 15 is 0 Å². The van der Waals surface area contributed by atoms with E-state index in [1.807, 2.05) is 19.9 Å². The molecule has 2 unspecified atom stereocenters. The Balaban J connectivity index is 1.46. The summed E-state index contributed by atoms with van der Waals surface area (Å²) in [5.41, 5.74) is 0.397. The number of nitrogens with one attached hydrogen (secondary N) is 1. The number of aliphatic hydroxyl groups excluding tert-OH is 1. The topological polar surface area (TPSA) is 91.8 Å². The van der Waals surface area contributed by atoms with E-state index in [2.05, 4.69) is 37.0 Å². The van der Waals surface area contributed by atoms with Gasteiger partial charge in [-0.05, 0) is 56.7 Å². The number of aliphatic hydroxyl groups is 2. The van der Waals surface area contributed by atoms with Crippen LogP contribution in [-0.2, 0) is 26.1 Å². The molecule has 0 amide bonds. The Morgan fingerprint density at radius 2 is 1.88 bits per heavy atom. The molecule has 6 nitrogen and oxygen atoms in total.